The highest BCUT2D eigenvalue weighted by molar-refractivity contribution is 7.15. The predicted octanol–water partition coefficient (Wildman–Crippen LogP) is 5.95. The Hall–Kier alpha value is -2.70. The molecule has 0 bridgehead atoms. The molecule has 2 aromatic carbocycles. The number of aryl methyl sites for hydroxylation is 1. The molecule has 0 spiro atoms. The van der Waals surface area contributed by atoms with Gasteiger partial charge in [-0.15, -0.1) is 11.3 Å². The molecule has 31 heavy (non-hydrogen) atoms. The molecule has 0 aliphatic heterocycles. The summed E-state index contributed by atoms with van der Waals surface area (Å²) in [7, 11) is 0. The topological polar surface area (TPSA) is 44.8 Å². The molecule has 1 aromatic heterocycles. The van der Waals surface area contributed by atoms with E-state index in [0.29, 0.717) is 26.2 Å². The van der Waals surface area contributed by atoms with Crippen LogP contribution in [0.4, 0.5) is 4.39 Å². The van der Waals surface area contributed by atoms with E-state index < -0.39 is 6.10 Å². The van der Waals surface area contributed by atoms with Gasteiger partial charge in [-0.3, -0.25) is 0 Å². The Morgan fingerprint density at radius 2 is 1.74 bits per heavy atom. The maximum absolute atomic E-state index is 13.2. The van der Waals surface area contributed by atoms with Crippen LogP contribution in [0, 0.1) is 12.7 Å². The highest BCUT2D eigenvalue weighted by Crippen LogP contribution is 2.32. The molecule has 3 aromatic rings. The summed E-state index contributed by atoms with van der Waals surface area (Å²) in [6, 6.07) is 16.3. The van der Waals surface area contributed by atoms with Crippen molar-refractivity contribution in [1.29, 1.82) is 0 Å². The van der Waals surface area contributed by atoms with Crippen LogP contribution in [0.5, 0.6) is 5.75 Å². The molecule has 1 heterocycles. The van der Waals surface area contributed by atoms with Gasteiger partial charge in [-0.1, -0.05) is 24.3 Å². The molecule has 0 N–H and O–H groups in total. The van der Waals surface area contributed by atoms with Gasteiger partial charge < -0.3 is 14.2 Å². The molecule has 0 saturated heterocycles. The van der Waals surface area contributed by atoms with E-state index in [1.54, 1.807) is 30.4 Å². The number of carbonyl (C=O) groups is 1. The lowest BCUT2D eigenvalue weighted by molar-refractivity contribution is -0.156. The van der Waals surface area contributed by atoms with Crippen LogP contribution in [0.3, 0.4) is 0 Å². The van der Waals surface area contributed by atoms with Crippen molar-refractivity contribution in [2.45, 2.75) is 39.9 Å². The molecular formula is C25H27FO4S. The zero-order valence-corrected chi connectivity index (χ0v) is 18.8. The van der Waals surface area contributed by atoms with Crippen LogP contribution >= 0.6 is 11.3 Å². The first kappa shape index (κ1) is 23.0. The van der Waals surface area contributed by atoms with Gasteiger partial charge in [0.05, 0.1) is 6.61 Å². The lowest BCUT2D eigenvalue weighted by atomic mass is 10.1. The second-order valence-corrected chi connectivity index (χ2v) is 8.19. The average Bonchev–Trinajstić information content (AvgIpc) is 3.14. The van der Waals surface area contributed by atoms with Crippen molar-refractivity contribution < 1.29 is 23.4 Å². The minimum absolute atomic E-state index is 0.237. The van der Waals surface area contributed by atoms with Gasteiger partial charge in [0, 0.05) is 22.8 Å². The summed E-state index contributed by atoms with van der Waals surface area (Å²) in [5.41, 5.74) is 3.12. The van der Waals surface area contributed by atoms with Gasteiger partial charge in [-0.05, 0) is 67.8 Å². The Morgan fingerprint density at radius 1 is 1.03 bits per heavy atom. The summed E-state index contributed by atoms with van der Waals surface area (Å²) in [5.74, 6) is 0.178. The van der Waals surface area contributed by atoms with Crippen molar-refractivity contribution in [3.05, 3.63) is 76.4 Å². The lowest BCUT2D eigenvalue weighted by Gasteiger charge is -2.15. The molecule has 1 atom stereocenters. The lowest BCUT2D eigenvalue weighted by Crippen LogP contribution is -2.28. The molecule has 4 nitrogen and oxygen atoms in total. The van der Waals surface area contributed by atoms with Crippen LogP contribution in [0.1, 0.15) is 29.9 Å². The van der Waals surface area contributed by atoms with Crippen molar-refractivity contribution >= 4 is 17.3 Å². The highest BCUT2D eigenvalue weighted by atomic mass is 32.1. The summed E-state index contributed by atoms with van der Waals surface area (Å²) in [6.07, 6.45) is -0.145. The number of ether oxygens (including phenoxy) is 3. The third-order valence-electron chi connectivity index (χ3n) is 4.78. The third kappa shape index (κ3) is 6.39. The number of carbonyl (C=O) groups excluding carboxylic acids is 1. The van der Waals surface area contributed by atoms with E-state index >= 15 is 0 Å². The van der Waals surface area contributed by atoms with Gasteiger partial charge in [0.2, 0.25) is 0 Å². The number of benzene rings is 2. The molecule has 3 rings (SSSR count). The Kier molecular flexibility index (Phi) is 8.20. The first-order chi connectivity index (χ1) is 15.0. The molecule has 1 unspecified atom stereocenters. The van der Waals surface area contributed by atoms with E-state index in [9.17, 15) is 9.18 Å². The number of esters is 1. The van der Waals surface area contributed by atoms with Crippen LogP contribution in [0.25, 0.3) is 10.4 Å². The van der Waals surface area contributed by atoms with Crippen LogP contribution in [0.15, 0.2) is 54.6 Å². The zero-order valence-electron chi connectivity index (χ0n) is 18.0. The number of thiophene rings is 1. The van der Waals surface area contributed by atoms with Gasteiger partial charge >= 0.3 is 5.97 Å². The highest BCUT2D eigenvalue weighted by Gasteiger charge is 2.20. The summed E-state index contributed by atoms with van der Waals surface area (Å²) < 4.78 is 29.7. The quantitative estimate of drug-likeness (QED) is 0.364. The summed E-state index contributed by atoms with van der Waals surface area (Å²) in [6.45, 7) is 6.93. The van der Waals surface area contributed by atoms with E-state index in [1.165, 1.54) is 12.1 Å². The van der Waals surface area contributed by atoms with Crippen molar-refractivity contribution in [2.24, 2.45) is 0 Å². The molecule has 6 heteroatoms. The molecular weight excluding hydrogens is 415 g/mol. The van der Waals surface area contributed by atoms with Crippen LogP contribution in [-0.2, 0) is 27.3 Å². The minimum atomic E-state index is -0.602. The molecule has 0 aliphatic rings. The fraction of sp³-hybridized carbons (Fsp3) is 0.320. The standard InChI is InChI=1S/C25H27FO4S/c1-4-28-22(25(27)29-5-2)15-18-6-12-21(13-7-18)30-16-24-17(3)14-23(31-24)19-8-10-20(26)11-9-19/h6-14,22H,4-5,15-16H2,1-3H3. The molecule has 0 aliphatic carbocycles. The van der Waals surface area contributed by atoms with Crippen molar-refractivity contribution in [3.8, 4) is 16.2 Å². The van der Waals surface area contributed by atoms with Crippen LogP contribution in [-0.4, -0.2) is 25.3 Å². The Morgan fingerprint density at radius 3 is 2.39 bits per heavy atom. The Balaban J connectivity index is 1.60. The smallest absolute Gasteiger partial charge is 0.335 e. The molecule has 0 saturated carbocycles. The minimum Gasteiger partial charge on any atom is -0.488 e. The van der Waals surface area contributed by atoms with E-state index in [1.807, 2.05) is 31.2 Å². The second kappa shape index (κ2) is 11.1. The Labute approximate surface area is 186 Å². The van der Waals surface area contributed by atoms with Gasteiger partial charge in [-0.25, -0.2) is 9.18 Å². The molecule has 0 amide bonds. The normalized spacial score (nSPS) is 11.9. The second-order valence-electron chi connectivity index (χ2n) is 7.06. The molecule has 0 fully saturated rings. The summed E-state index contributed by atoms with van der Waals surface area (Å²) in [4.78, 5) is 14.2. The maximum atomic E-state index is 13.2. The monoisotopic (exact) mass is 442 g/mol. The summed E-state index contributed by atoms with van der Waals surface area (Å²) >= 11 is 1.65. The van der Waals surface area contributed by atoms with Gasteiger partial charge in [0.25, 0.3) is 0 Å². The predicted molar refractivity (Wildman–Crippen MR) is 121 cm³/mol. The Bertz CT molecular complexity index is 980. The average molecular weight is 443 g/mol. The van der Waals surface area contributed by atoms with E-state index in [0.717, 1.165) is 32.2 Å². The molecule has 164 valence electrons. The van der Waals surface area contributed by atoms with Crippen molar-refractivity contribution in [1.82, 2.24) is 0 Å². The number of halogens is 1. The van der Waals surface area contributed by atoms with Crippen LogP contribution < -0.4 is 4.74 Å². The fourth-order valence-electron chi connectivity index (χ4n) is 3.15. The largest absolute Gasteiger partial charge is 0.488 e. The summed E-state index contributed by atoms with van der Waals surface area (Å²) in [5, 5.41) is 0. The zero-order chi connectivity index (χ0) is 22.2. The van der Waals surface area contributed by atoms with Gasteiger partial charge in [0.15, 0.2) is 6.10 Å². The van der Waals surface area contributed by atoms with E-state index in [4.69, 9.17) is 14.2 Å². The van der Waals surface area contributed by atoms with Gasteiger partial charge in [-0.2, -0.15) is 0 Å². The maximum Gasteiger partial charge on any atom is 0.335 e. The fourth-order valence-corrected chi connectivity index (χ4v) is 4.24. The first-order valence-corrected chi connectivity index (χ1v) is 11.2. The first-order valence-electron chi connectivity index (χ1n) is 10.3. The third-order valence-corrected chi connectivity index (χ3v) is 6.04. The SMILES string of the molecule is CCOC(=O)C(Cc1ccc(OCc2sc(-c3ccc(F)cc3)cc2C)cc1)OCC. The number of hydrogen-bond acceptors (Lipinski definition) is 5. The van der Waals surface area contributed by atoms with Crippen LogP contribution in [0.2, 0.25) is 0 Å². The molecule has 0 radical (unpaired) electrons. The van der Waals surface area contributed by atoms with Gasteiger partial charge in [0.1, 0.15) is 18.2 Å². The van der Waals surface area contributed by atoms with E-state index in [-0.39, 0.29) is 11.8 Å². The van der Waals surface area contributed by atoms with Crippen molar-refractivity contribution in [3.63, 3.8) is 0 Å². The van der Waals surface area contributed by atoms with E-state index in [2.05, 4.69) is 13.0 Å². The van der Waals surface area contributed by atoms with Crippen molar-refractivity contribution in [2.75, 3.05) is 13.2 Å². The number of hydrogen-bond donors (Lipinski definition) is 0. The number of rotatable bonds is 10.